The molecule has 0 aromatic heterocycles. The molecule has 0 unspecified atom stereocenters. The van der Waals surface area contributed by atoms with Crippen molar-refractivity contribution in [2.75, 3.05) is 13.7 Å². The number of methoxy groups -OCH3 is 1. The summed E-state index contributed by atoms with van der Waals surface area (Å²) in [5, 5.41) is 0. The molecule has 0 aromatic carbocycles. The van der Waals surface area contributed by atoms with Crippen molar-refractivity contribution >= 4 is 18.4 Å². The first kappa shape index (κ1) is 10.7. The Balaban J connectivity index is 0.000001000. The molecule has 0 aromatic rings. The van der Waals surface area contributed by atoms with E-state index >= 15 is 0 Å². The lowest BCUT2D eigenvalue weighted by Gasteiger charge is -2.05. The van der Waals surface area contributed by atoms with Crippen LogP contribution >= 0.6 is 12.4 Å². The van der Waals surface area contributed by atoms with Crippen molar-refractivity contribution in [2.45, 2.75) is 13.3 Å². The van der Waals surface area contributed by atoms with E-state index in [1.54, 1.807) is 0 Å². The maximum atomic E-state index is 11.0. The zero-order valence-electron chi connectivity index (χ0n) is 6.79. The normalized spacial score (nSPS) is 33.9. The fraction of sp³-hybridized carbons (Fsp3) is 0.857. The molecule has 0 radical (unpaired) electrons. The molecule has 0 spiro atoms. The van der Waals surface area contributed by atoms with E-state index in [-0.39, 0.29) is 23.8 Å². The number of halogens is 1. The minimum atomic E-state index is -0.260. The molecule has 0 heterocycles. The number of nitrogens with two attached hydrogens (primary N) is 1. The second-order valence-corrected chi connectivity index (χ2v) is 3.05. The van der Waals surface area contributed by atoms with E-state index in [9.17, 15) is 4.79 Å². The standard InChI is InChI=1S/C7H13NO2.ClH/c1-7(6(9)10-2)3-5(7)4-8;/h5H,3-4,8H2,1-2H3;1H/t5-,7+;/m0./s1. The lowest BCUT2D eigenvalue weighted by molar-refractivity contribution is -0.146. The van der Waals surface area contributed by atoms with Gasteiger partial charge in [-0.1, -0.05) is 0 Å². The number of esters is 1. The van der Waals surface area contributed by atoms with Crippen molar-refractivity contribution in [3.8, 4) is 0 Å². The molecule has 66 valence electrons. The van der Waals surface area contributed by atoms with Gasteiger partial charge in [0.1, 0.15) is 0 Å². The molecule has 2 N–H and O–H groups in total. The summed E-state index contributed by atoms with van der Waals surface area (Å²) >= 11 is 0. The molecule has 0 aliphatic heterocycles. The van der Waals surface area contributed by atoms with E-state index in [0.717, 1.165) is 6.42 Å². The second kappa shape index (κ2) is 3.41. The highest BCUT2D eigenvalue weighted by molar-refractivity contribution is 5.85. The van der Waals surface area contributed by atoms with Crippen LogP contribution in [0.3, 0.4) is 0 Å². The predicted octanol–water partition coefficient (Wildman–Crippen LogP) is 0.566. The van der Waals surface area contributed by atoms with Gasteiger partial charge in [0.25, 0.3) is 0 Å². The zero-order chi connectivity index (χ0) is 7.78. The Kier molecular flexibility index (Phi) is 3.32. The Morgan fingerprint density at radius 1 is 1.82 bits per heavy atom. The number of hydrogen-bond acceptors (Lipinski definition) is 3. The Bertz CT molecular complexity index is 163. The first-order chi connectivity index (χ1) is 4.65. The van der Waals surface area contributed by atoms with Gasteiger partial charge in [-0.05, 0) is 25.8 Å². The van der Waals surface area contributed by atoms with E-state index in [4.69, 9.17) is 5.73 Å². The van der Waals surface area contributed by atoms with Gasteiger partial charge < -0.3 is 10.5 Å². The first-order valence-electron chi connectivity index (χ1n) is 3.43. The summed E-state index contributed by atoms with van der Waals surface area (Å²) in [6, 6.07) is 0. The molecule has 1 aliphatic rings. The maximum absolute atomic E-state index is 11.0. The molecule has 3 nitrogen and oxygen atoms in total. The second-order valence-electron chi connectivity index (χ2n) is 3.05. The molecule has 0 bridgehead atoms. The Morgan fingerprint density at radius 2 is 2.36 bits per heavy atom. The number of carbonyl (C=O) groups is 1. The minimum absolute atomic E-state index is 0. The third-order valence-electron chi connectivity index (χ3n) is 2.35. The van der Waals surface area contributed by atoms with Crippen LogP contribution in [-0.4, -0.2) is 19.6 Å². The van der Waals surface area contributed by atoms with Crippen LogP contribution < -0.4 is 5.73 Å². The van der Waals surface area contributed by atoms with Crippen molar-refractivity contribution in [2.24, 2.45) is 17.1 Å². The Morgan fingerprint density at radius 3 is 2.64 bits per heavy atom. The van der Waals surface area contributed by atoms with Crippen LogP contribution in [0.2, 0.25) is 0 Å². The molecule has 1 aliphatic carbocycles. The summed E-state index contributed by atoms with van der Waals surface area (Å²) in [6.07, 6.45) is 0.885. The number of hydrogen-bond donors (Lipinski definition) is 1. The third-order valence-corrected chi connectivity index (χ3v) is 2.35. The lowest BCUT2D eigenvalue weighted by Crippen LogP contribution is -2.19. The monoisotopic (exact) mass is 179 g/mol. The van der Waals surface area contributed by atoms with Crippen LogP contribution in [0.25, 0.3) is 0 Å². The highest BCUT2D eigenvalue weighted by Crippen LogP contribution is 2.52. The maximum Gasteiger partial charge on any atom is 0.311 e. The number of ether oxygens (including phenoxy) is 1. The van der Waals surface area contributed by atoms with Gasteiger partial charge in [-0.2, -0.15) is 0 Å². The minimum Gasteiger partial charge on any atom is -0.469 e. The molecular formula is C7H14ClNO2. The van der Waals surface area contributed by atoms with Crippen LogP contribution in [0, 0.1) is 11.3 Å². The van der Waals surface area contributed by atoms with Gasteiger partial charge in [-0.25, -0.2) is 0 Å². The van der Waals surface area contributed by atoms with Gasteiger partial charge >= 0.3 is 5.97 Å². The first-order valence-corrected chi connectivity index (χ1v) is 3.43. The van der Waals surface area contributed by atoms with Gasteiger partial charge in [-0.3, -0.25) is 4.79 Å². The predicted molar refractivity (Wildman–Crippen MR) is 44.5 cm³/mol. The van der Waals surface area contributed by atoms with E-state index in [1.807, 2.05) is 6.92 Å². The van der Waals surface area contributed by atoms with Crippen molar-refractivity contribution in [3.63, 3.8) is 0 Å². The fourth-order valence-corrected chi connectivity index (χ4v) is 1.28. The molecule has 2 atom stereocenters. The fourth-order valence-electron chi connectivity index (χ4n) is 1.28. The summed E-state index contributed by atoms with van der Waals surface area (Å²) in [4.78, 5) is 11.0. The average molecular weight is 180 g/mol. The van der Waals surface area contributed by atoms with Crippen LogP contribution in [-0.2, 0) is 9.53 Å². The van der Waals surface area contributed by atoms with Crippen molar-refractivity contribution in [1.29, 1.82) is 0 Å². The van der Waals surface area contributed by atoms with Gasteiger partial charge in [0.05, 0.1) is 12.5 Å². The highest BCUT2D eigenvalue weighted by Gasteiger charge is 2.56. The van der Waals surface area contributed by atoms with Crippen LogP contribution in [0.1, 0.15) is 13.3 Å². The molecule has 0 amide bonds. The Hall–Kier alpha value is -0.280. The summed E-state index contributed by atoms with van der Waals surface area (Å²) < 4.78 is 4.61. The van der Waals surface area contributed by atoms with Gasteiger partial charge in [0, 0.05) is 0 Å². The largest absolute Gasteiger partial charge is 0.469 e. The average Bonchev–Trinajstić information content (AvgIpc) is 2.61. The molecule has 0 saturated heterocycles. The summed E-state index contributed by atoms with van der Waals surface area (Å²) in [5.74, 6) is 0.225. The molecular weight excluding hydrogens is 166 g/mol. The van der Waals surface area contributed by atoms with Crippen molar-refractivity contribution in [1.82, 2.24) is 0 Å². The lowest BCUT2D eigenvalue weighted by atomic mass is 10.1. The van der Waals surface area contributed by atoms with Crippen LogP contribution in [0.15, 0.2) is 0 Å². The van der Waals surface area contributed by atoms with Gasteiger partial charge in [0.2, 0.25) is 0 Å². The van der Waals surface area contributed by atoms with Crippen molar-refractivity contribution < 1.29 is 9.53 Å². The topological polar surface area (TPSA) is 52.3 Å². The smallest absolute Gasteiger partial charge is 0.311 e. The van der Waals surface area contributed by atoms with E-state index in [2.05, 4.69) is 4.74 Å². The number of carbonyl (C=O) groups excluding carboxylic acids is 1. The molecule has 11 heavy (non-hydrogen) atoms. The Labute approximate surface area is 72.7 Å². The van der Waals surface area contributed by atoms with Crippen LogP contribution in [0.5, 0.6) is 0 Å². The van der Waals surface area contributed by atoms with Gasteiger partial charge in [-0.15, -0.1) is 12.4 Å². The van der Waals surface area contributed by atoms with Crippen LogP contribution in [0.4, 0.5) is 0 Å². The summed E-state index contributed by atoms with van der Waals surface area (Å²) in [6.45, 7) is 2.49. The molecule has 1 saturated carbocycles. The van der Waals surface area contributed by atoms with E-state index in [0.29, 0.717) is 12.5 Å². The van der Waals surface area contributed by atoms with E-state index < -0.39 is 0 Å². The molecule has 4 heteroatoms. The van der Waals surface area contributed by atoms with Crippen molar-refractivity contribution in [3.05, 3.63) is 0 Å². The molecule has 1 rings (SSSR count). The summed E-state index contributed by atoms with van der Waals surface area (Å²) in [5.41, 5.74) is 5.13. The SMILES string of the molecule is COC(=O)[C@]1(C)C[C@H]1CN.Cl. The summed E-state index contributed by atoms with van der Waals surface area (Å²) in [7, 11) is 1.42. The highest BCUT2D eigenvalue weighted by atomic mass is 35.5. The quantitative estimate of drug-likeness (QED) is 0.631. The number of rotatable bonds is 2. The zero-order valence-corrected chi connectivity index (χ0v) is 7.61. The van der Waals surface area contributed by atoms with Gasteiger partial charge in [0.15, 0.2) is 0 Å². The molecule has 1 fully saturated rings. The van der Waals surface area contributed by atoms with E-state index in [1.165, 1.54) is 7.11 Å². The third kappa shape index (κ3) is 1.65.